The highest BCUT2D eigenvalue weighted by Crippen LogP contribution is 2.44. The molecule has 0 saturated heterocycles. The molecule has 1 amide bonds. The Morgan fingerprint density at radius 2 is 1.72 bits per heavy atom. The number of alkyl halides is 3. The molecular weight excluding hydrogens is 657 g/mol. The van der Waals surface area contributed by atoms with Crippen LogP contribution in [0.1, 0.15) is 74.0 Å². The summed E-state index contributed by atoms with van der Waals surface area (Å²) in [5.74, 6) is -0.814. The van der Waals surface area contributed by atoms with Crippen molar-refractivity contribution >= 4 is 17.8 Å². The van der Waals surface area contributed by atoms with Gasteiger partial charge in [0.25, 0.3) is 5.91 Å². The second kappa shape index (κ2) is 16.5. The van der Waals surface area contributed by atoms with Gasteiger partial charge in [0.2, 0.25) is 5.90 Å². The fraction of sp³-hybridized carbons (Fsp3) is 0.400. The monoisotopic (exact) mass is 696 g/mol. The van der Waals surface area contributed by atoms with Crippen LogP contribution in [0, 0.1) is 0 Å². The number of aliphatic hydroxyl groups is 1. The van der Waals surface area contributed by atoms with Crippen molar-refractivity contribution in [1.29, 1.82) is 0 Å². The van der Waals surface area contributed by atoms with E-state index in [4.69, 9.17) is 29.8 Å². The molecule has 0 aromatic heterocycles. The Morgan fingerprint density at radius 1 is 1.04 bits per heavy atom. The summed E-state index contributed by atoms with van der Waals surface area (Å²) in [4.78, 5) is 35.0. The topological polar surface area (TPSA) is 167 Å². The molecule has 0 unspecified atom stereocenters. The Bertz CT molecular complexity index is 1720. The molecule has 1 aliphatic rings. The third-order valence-corrected chi connectivity index (χ3v) is 7.61. The molecule has 1 aliphatic heterocycles. The number of esters is 1. The van der Waals surface area contributed by atoms with Crippen LogP contribution in [-0.4, -0.2) is 47.2 Å². The average molecular weight is 697 g/mol. The van der Waals surface area contributed by atoms with E-state index < -0.39 is 40.9 Å². The zero-order chi connectivity index (χ0) is 36.4. The van der Waals surface area contributed by atoms with E-state index in [0.29, 0.717) is 35.5 Å². The van der Waals surface area contributed by atoms with E-state index in [2.05, 4.69) is 20.9 Å². The maximum atomic E-state index is 14.4. The van der Waals surface area contributed by atoms with Gasteiger partial charge < -0.3 is 19.3 Å². The Balaban J connectivity index is 1.76. The lowest BCUT2D eigenvalue weighted by Crippen LogP contribution is -2.53. The fourth-order valence-corrected chi connectivity index (χ4v) is 5.35. The minimum atomic E-state index is -4.62. The molecular formula is C35H39F3N6O6. The van der Waals surface area contributed by atoms with Crippen LogP contribution in [-0.2, 0) is 38.3 Å². The predicted octanol–water partition coefficient (Wildman–Crippen LogP) is 6.48. The van der Waals surface area contributed by atoms with E-state index >= 15 is 0 Å². The number of amides is 1. The van der Waals surface area contributed by atoms with E-state index in [0.717, 1.165) is 6.07 Å². The Morgan fingerprint density at radius 3 is 2.38 bits per heavy atom. The van der Waals surface area contributed by atoms with Crippen molar-refractivity contribution in [2.75, 3.05) is 13.2 Å². The maximum Gasteiger partial charge on any atom is 0.416 e. The number of halogens is 3. The quantitative estimate of drug-likeness (QED) is 0.0408. The van der Waals surface area contributed by atoms with Crippen LogP contribution in [0.5, 0.6) is 5.75 Å². The first kappa shape index (κ1) is 37.7. The molecule has 0 saturated carbocycles. The molecule has 4 rings (SSSR count). The Hall–Kier alpha value is -5.11. The molecule has 0 bridgehead atoms. The summed E-state index contributed by atoms with van der Waals surface area (Å²) in [6, 6.07) is 18.5. The summed E-state index contributed by atoms with van der Waals surface area (Å²) in [6.45, 7) is 4.92. The number of carbonyl (C=O) groups excluding carboxylic acids is 2. The molecule has 0 spiro atoms. The first-order valence-electron chi connectivity index (χ1n) is 15.9. The lowest BCUT2D eigenvalue weighted by atomic mass is 9.82. The van der Waals surface area contributed by atoms with E-state index in [1.807, 2.05) is 0 Å². The van der Waals surface area contributed by atoms with Gasteiger partial charge in [-0.25, -0.2) is 10.4 Å². The number of aliphatic imine (C=N–C) groups is 1. The molecule has 3 aromatic carbocycles. The van der Waals surface area contributed by atoms with Crippen molar-refractivity contribution in [1.82, 2.24) is 10.9 Å². The zero-order valence-corrected chi connectivity index (χ0v) is 27.9. The fourth-order valence-electron chi connectivity index (χ4n) is 5.35. The molecule has 266 valence electrons. The molecule has 15 heteroatoms. The van der Waals surface area contributed by atoms with Crippen LogP contribution >= 0.6 is 0 Å². The highest BCUT2D eigenvalue weighted by Gasteiger charge is 2.54. The first-order valence-corrected chi connectivity index (χ1v) is 15.9. The number of hydrogen-bond donors (Lipinski definition) is 3. The third-order valence-electron chi connectivity index (χ3n) is 7.61. The number of azide groups is 1. The van der Waals surface area contributed by atoms with E-state index in [1.165, 1.54) is 18.2 Å². The molecule has 0 aliphatic carbocycles. The van der Waals surface area contributed by atoms with Crippen LogP contribution in [0.4, 0.5) is 13.2 Å². The number of ether oxygens (including phenoxy) is 3. The van der Waals surface area contributed by atoms with Gasteiger partial charge in [-0.1, -0.05) is 47.6 Å². The molecule has 0 radical (unpaired) electrons. The van der Waals surface area contributed by atoms with Gasteiger partial charge in [-0.3, -0.25) is 15.0 Å². The van der Waals surface area contributed by atoms with Gasteiger partial charge in [-0.15, -0.1) is 0 Å². The van der Waals surface area contributed by atoms with Crippen molar-refractivity contribution < 1.29 is 42.1 Å². The average Bonchev–Trinajstić information content (AvgIpc) is 3.46. The number of nitrogens with one attached hydrogen (secondary N) is 2. The second-order valence-electron chi connectivity index (χ2n) is 12.4. The highest BCUT2D eigenvalue weighted by molar-refractivity contribution is 6.01. The molecule has 3 N–H and O–H groups in total. The van der Waals surface area contributed by atoms with Crippen LogP contribution in [0.2, 0.25) is 0 Å². The number of hydrazine groups is 1. The van der Waals surface area contributed by atoms with E-state index in [-0.39, 0.29) is 44.0 Å². The minimum absolute atomic E-state index is 0.0254. The number of carbonyl (C=O) groups is 2. The highest BCUT2D eigenvalue weighted by atomic mass is 19.4. The van der Waals surface area contributed by atoms with E-state index in [1.54, 1.807) is 69.3 Å². The Kier molecular flexibility index (Phi) is 12.5. The summed E-state index contributed by atoms with van der Waals surface area (Å²) in [7, 11) is 0. The summed E-state index contributed by atoms with van der Waals surface area (Å²) in [6.07, 6.45) is -5.83. The third kappa shape index (κ3) is 9.74. The molecule has 12 nitrogen and oxygen atoms in total. The number of aliphatic hydroxyl groups excluding tert-OH is 1. The van der Waals surface area contributed by atoms with E-state index in [9.17, 15) is 22.8 Å². The summed E-state index contributed by atoms with van der Waals surface area (Å²) >= 11 is 0. The smallest absolute Gasteiger partial charge is 0.416 e. The Labute approximate surface area is 287 Å². The van der Waals surface area contributed by atoms with Crippen molar-refractivity contribution in [2.24, 2.45) is 10.1 Å². The molecule has 2 atom stereocenters. The van der Waals surface area contributed by atoms with Gasteiger partial charge in [0.05, 0.1) is 18.7 Å². The van der Waals surface area contributed by atoms with Crippen LogP contribution in [0.3, 0.4) is 0 Å². The van der Waals surface area contributed by atoms with Crippen LogP contribution in [0.25, 0.3) is 10.4 Å². The molecule has 1 heterocycles. The molecule has 50 heavy (non-hydrogen) atoms. The summed E-state index contributed by atoms with van der Waals surface area (Å²) in [5, 5.41) is 12.7. The SMILES string of the molecule is CC(C)(C)OC(=O)CC[C@]1(C(=O)NNCc2ccccc2C(F)(F)F)N=C(c2ccc(OCCCO)cc2)O[C@H]1c1ccccc1CN=[N+]=[N-]. The normalized spacial score (nSPS) is 17.3. The zero-order valence-electron chi connectivity index (χ0n) is 27.9. The number of rotatable bonds is 15. The maximum absolute atomic E-state index is 14.4. The number of hydrogen-bond acceptors (Lipinski definition) is 9. The van der Waals surface area contributed by atoms with Crippen molar-refractivity contribution in [3.63, 3.8) is 0 Å². The lowest BCUT2D eigenvalue weighted by Gasteiger charge is -2.32. The standard InChI is InChI=1S/C35H39F3N6O6/c1-33(2,3)50-29(46)17-18-34(32(47)43-40-22-25-10-5-7-12-28(25)35(36,37)38)30(27-11-6-4-9-24(27)21-41-44-39)49-31(42-34)23-13-15-26(16-14-23)48-20-8-19-45/h4-7,9-16,30,40,45H,8,17-22H2,1-3H3,(H,43,47)/t30-,34-/m0/s1. The number of benzene rings is 3. The summed E-state index contributed by atoms with van der Waals surface area (Å²) < 4.78 is 58.6. The first-order chi connectivity index (χ1) is 23.8. The van der Waals surface area contributed by atoms with Gasteiger partial charge in [0, 0.05) is 36.5 Å². The second-order valence-corrected chi connectivity index (χ2v) is 12.4. The largest absolute Gasteiger partial charge is 0.494 e. The predicted molar refractivity (Wildman–Crippen MR) is 178 cm³/mol. The summed E-state index contributed by atoms with van der Waals surface area (Å²) in [5.41, 5.74) is 12.0. The van der Waals surface area contributed by atoms with Crippen molar-refractivity contribution in [2.45, 2.75) is 76.5 Å². The molecule has 3 aromatic rings. The number of nitrogens with zero attached hydrogens (tertiary/aromatic N) is 4. The van der Waals surface area contributed by atoms with Crippen molar-refractivity contribution in [3.05, 3.63) is 111 Å². The van der Waals surface area contributed by atoms with Gasteiger partial charge >= 0.3 is 12.1 Å². The van der Waals surface area contributed by atoms with Crippen molar-refractivity contribution in [3.8, 4) is 5.75 Å². The van der Waals surface area contributed by atoms with Crippen LogP contribution < -0.4 is 15.6 Å². The minimum Gasteiger partial charge on any atom is -0.494 e. The van der Waals surface area contributed by atoms with Gasteiger partial charge in [-0.05, 0) is 79.7 Å². The van der Waals surface area contributed by atoms with Crippen LogP contribution in [0.15, 0.2) is 82.9 Å². The van der Waals surface area contributed by atoms with Gasteiger partial charge in [0.15, 0.2) is 11.6 Å². The lowest BCUT2D eigenvalue weighted by molar-refractivity contribution is -0.155. The molecule has 0 fully saturated rings. The van der Waals surface area contributed by atoms with Gasteiger partial charge in [-0.2, -0.15) is 13.2 Å². The van der Waals surface area contributed by atoms with Gasteiger partial charge in [0.1, 0.15) is 11.4 Å².